The summed E-state index contributed by atoms with van der Waals surface area (Å²) < 4.78 is 14.7. The van der Waals surface area contributed by atoms with Gasteiger partial charge in [0.15, 0.2) is 5.82 Å². The number of rotatable bonds is 3. The molecule has 0 aliphatic heterocycles. The van der Waals surface area contributed by atoms with Crippen molar-refractivity contribution in [2.24, 2.45) is 5.73 Å². The van der Waals surface area contributed by atoms with E-state index in [-0.39, 0.29) is 24.0 Å². The van der Waals surface area contributed by atoms with Gasteiger partial charge in [-0.2, -0.15) is 0 Å². The molecule has 0 saturated heterocycles. The molecule has 90 valence electrons. The molecule has 1 heterocycles. The van der Waals surface area contributed by atoms with Crippen molar-refractivity contribution in [1.82, 2.24) is 14.8 Å². The summed E-state index contributed by atoms with van der Waals surface area (Å²) in [5, 5.41) is 13.0. The van der Waals surface area contributed by atoms with Crippen molar-refractivity contribution in [3.63, 3.8) is 0 Å². The van der Waals surface area contributed by atoms with E-state index in [1.54, 1.807) is 6.07 Å². The Balaban J connectivity index is 2.51. The third kappa shape index (κ3) is 2.28. The van der Waals surface area contributed by atoms with E-state index in [2.05, 4.69) is 10.1 Å². The minimum absolute atomic E-state index is 0.0329. The second-order valence-electron chi connectivity index (χ2n) is 3.32. The van der Waals surface area contributed by atoms with Crippen LogP contribution in [0.4, 0.5) is 4.39 Å². The molecule has 0 fully saturated rings. The van der Waals surface area contributed by atoms with Crippen LogP contribution in [0.15, 0.2) is 18.2 Å². The number of halogens is 2. The topological polar surface area (TPSA) is 77.0 Å². The van der Waals surface area contributed by atoms with Crippen LogP contribution in [-0.4, -0.2) is 19.9 Å². The van der Waals surface area contributed by atoms with Gasteiger partial charge in [0.1, 0.15) is 18.2 Å². The van der Waals surface area contributed by atoms with Crippen molar-refractivity contribution < 1.29 is 9.50 Å². The highest BCUT2D eigenvalue weighted by atomic mass is 35.5. The van der Waals surface area contributed by atoms with Crippen molar-refractivity contribution in [2.45, 2.75) is 13.2 Å². The van der Waals surface area contributed by atoms with Crippen LogP contribution in [0.3, 0.4) is 0 Å². The summed E-state index contributed by atoms with van der Waals surface area (Å²) >= 11 is 5.59. The average Bonchev–Trinajstić information content (AvgIpc) is 2.76. The van der Waals surface area contributed by atoms with Gasteiger partial charge in [0.05, 0.1) is 17.3 Å². The molecule has 0 saturated carbocycles. The van der Waals surface area contributed by atoms with Gasteiger partial charge in [-0.3, -0.25) is 0 Å². The third-order valence-electron chi connectivity index (χ3n) is 2.19. The van der Waals surface area contributed by atoms with Gasteiger partial charge in [0, 0.05) is 6.07 Å². The largest absolute Gasteiger partial charge is 0.388 e. The summed E-state index contributed by atoms with van der Waals surface area (Å²) in [5.41, 5.74) is 5.96. The Labute approximate surface area is 102 Å². The van der Waals surface area contributed by atoms with Crippen molar-refractivity contribution in [3.8, 4) is 5.69 Å². The molecule has 0 unspecified atom stereocenters. The quantitative estimate of drug-likeness (QED) is 0.859. The van der Waals surface area contributed by atoms with Crippen molar-refractivity contribution in [2.75, 3.05) is 0 Å². The summed E-state index contributed by atoms with van der Waals surface area (Å²) in [6.45, 7) is -0.159. The molecular formula is C10H10ClFN4O. The zero-order valence-corrected chi connectivity index (χ0v) is 9.52. The SMILES string of the molecule is NCc1nc(CO)nn1-c1ccc(Cl)c(F)c1. The molecule has 5 nitrogen and oxygen atoms in total. The smallest absolute Gasteiger partial charge is 0.176 e. The molecule has 7 heteroatoms. The van der Waals surface area contributed by atoms with Gasteiger partial charge in [-0.15, -0.1) is 5.10 Å². The van der Waals surface area contributed by atoms with Crippen LogP contribution >= 0.6 is 11.6 Å². The monoisotopic (exact) mass is 256 g/mol. The molecule has 0 radical (unpaired) electrons. The van der Waals surface area contributed by atoms with Crippen LogP contribution in [0, 0.1) is 5.82 Å². The zero-order valence-electron chi connectivity index (χ0n) is 8.77. The predicted octanol–water partition coefficient (Wildman–Crippen LogP) is 1.01. The molecule has 0 bridgehead atoms. The molecule has 2 rings (SSSR count). The average molecular weight is 257 g/mol. The van der Waals surface area contributed by atoms with Crippen molar-refractivity contribution in [1.29, 1.82) is 0 Å². The van der Waals surface area contributed by atoms with E-state index >= 15 is 0 Å². The number of nitrogens with two attached hydrogens (primary N) is 1. The Morgan fingerprint density at radius 2 is 2.24 bits per heavy atom. The van der Waals surface area contributed by atoms with Crippen molar-refractivity contribution >= 4 is 11.6 Å². The number of hydrogen-bond donors (Lipinski definition) is 2. The first-order chi connectivity index (χ1) is 8.15. The fourth-order valence-electron chi connectivity index (χ4n) is 1.41. The number of aliphatic hydroxyl groups is 1. The van der Waals surface area contributed by atoms with Gasteiger partial charge < -0.3 is 10.8 Å². The first-order valence-corrected chi connectivity index (χ1v) is 5.24. The Hall–Kier alpha value is -1.50. The van der Waals surface area contributed by atoms with E-state index in [0.717, 1.165) is 0 Å². The van der Waals surface area contributed by atoms with E-state index in [4.69, 9.17) is 22.4 Å². The van der Waals surface area contributed by atoms with Crippen LogP contribution in [0.1, 0.15) is 11.6 Å². The summed E-state index contributed by atoms with van der Waals surface area (Å²) in [6.07, 6.45) is 0. The van der Waals surface area contributed by atoms with Crippen LogP contribution in [0.25, 0.3) is 5.69 Å². The minimum Gasteiger partial charge on any atom is -0.388 e. The molecule has 0 amide bonds. The number of aromatic nitrogens is 3. The number of aliphatic hydroxyl groups excluding tert-OH is 1. The third-order valence-corrected chi connectivity index (χ3v) is 2.50. The van der Waals surface area contributed by atoms with Gasteiger partial charge in [-0.05, 0) is 12.1 Å². The fraction of sp³-hybridized carbons (Fsp3) is 0.200. The van der Waals surface area contributed by atoms with E-state index in [0.29, 0.717) is 11.5 Å². The molecular weight excluding hydrogens is 247 g/mol. The standard InChI is InChI=1S/C10H10ClFN4O/c11-7-2-1-6(3-8(7)12)16-10(4-13)14-9(5-17)15-16/h1-3,17H,4-5,13H2. The van der Waals surface area contributed by atoms with Crippen LogP contribution in [0.5, 0.6) is 0 Å². The lowest BCUT2D eigenvalue weighted by Gasteiger charge is -2.04. The fourth-order valence-corrected chi connectivity index (χ4v) is 1.53. The molecule has 0 atom stereocenters. The van der Waals surface area contributed by atoms with Crippen LogP contribution in [-0.2, 0) is 13.2 Å². The second kappa shape index (κ2) is 4.79. The number of benzene rings is 1. The highest BCUT2D eigenvalue weighted by molar-refractivity contribution is 6.30. The predicted molar refractivity (Wildman–Crippen MR) is 60.1 cm³/mol. The number of hydrogen-bond acceptors (Lipinski definition) is 4. The lowest BCUT2D eigenvalue weighted by atomic mass is 10.3. The van der Waals surface area contributed by atoms with Crippen LogP contribution in [0.2, 0.25) is 5.02 Å². The summed E-state index contributed by atoms with van der Waals surface area (Å²) in [7, 11) is 0. The lowest BCUT2D eigenvalue weighted by Crippen LogP contribution is -2.08. The lowest BCUT2D eigenvalue weighted by molar-refractivity contribution is 0.271. The molecule has 0 aliphatic carbocycles. The Bertz CT molecular complexity index is 543. The van der Waals surface area contributed by atoms with E-state index in [9.17, 15) is 4.39 Å². The maximum Gasteiger partial charge on any atom is 0.176 e. The van der Waals surface area contributed by atoms with Gasteiger partial charge >= 0.3 is 0 Å². The maximum atomic E-state index is 13.3. The first kappa shape index (κ1) is 12.0. The zero-order chi connectivity index (χ0) is 12.4. The molecule has 2 aromatic rings. The van der Waals surface area contributed by atoms with E-state index in [1.807, 2.05) is 0 Å². The van der Waals surface area contributed by atoms with Gasteiger partial charge in [-0.1, -0.05) is 11.6 Å². The highest BCUT2D eigenvalue weighted by Crippen LogP contribution is 2.18. The molecule has 1 aromatic carbocycles. The number of nitrogens with zero attached hydrogens (tertiary/aromatic N) is 3. The summed E-state index contributed by atoms with van der Waals surface area (Å²) in [5.74, 6) is 0.129. The molecule has 3 N–H and O–H groups in total. The molecule has 17 heavy (non-hydrogen) atoms. The highest BCUT2D eigenvalue weighted by Gasteiger charge is 2.11. The molecule has 0 aliphatic rings. The van der Waals surface area contributed by atoms with Gasteiger partial charge in [0.2, 0.25) is 0 Å². The normalized spacial score (nSPS) is 10.8. The Kier molecular flexibility index (Phi) is 3.37. The summed E-state index contributed by atoms with van der Waals surface area (Å²) in [6, 6.07) is 4.25. The van der Waals surface area contributed by atoms with Crippen molar-refractivity contribution in [3.05, 3.63) is 40.7 Å². The van der Waals surface area contributed by atoms with Crippen LogP contribution < -0.4 is 5.73 Å². The second-order valence-corrected chi connectivity index (χ2v) is 3.72. The molecule has 1 aromatic heterocycles. The first-order valence-electron chi connectivity index (χ1n) is 4.87. The maximum absolute atomic E-state index is 13.3. The van der Waals surface area contributed by atoms with E-state index < -0.39 is 5.82 Å². The van der Waals surface area contributed by atoms with Gasteiger partial charge in [0.25, 0.3) is 0 Å². The Morgan fingerprint density at radius 1 is 1.47 bits per heavy atom. The Morgan fingerprint density at radius 3 is 2.82 bits per heavy atom. The van der Waals surface area contributed by atoms with E-state index in [1.165, 1.54) is 16.8 Å². The summed E-state index contributed by atoms with van der Waals surface area (Å²) in [4.78, 5) is 4.00. The minimum atomic E-state index is -0.548. The molecule has 0 spiro atoms. The van der Waals surface area contributed by atoms with Gasteiger partial charge in [-0.25, -0.2) is 14.1 Å².